The zero-order valence-corrected chi connectivity index (χ0v) is 16.8. The molecule has 1 aliphatic carbocycles. The summed E-state index contributed by atoms with van der Waals surface area (Å²) in [5, 5.41) is 0. The average molecular weight is 375 g/mol. The molecule has 2 rings (SSSR count). The molecule has 0 radical (unpaired) electrons. The first-order valence-electron chi connectivity index (χ1n) is 9.16. The van der Waals surface area contributed by atoms with Crippen LogP contribution in [0.4, 0.5) is 4.79 Å². The lowest BCUT2D eigenvalue weighted by molar-refractivity contribution is -0.137. The Morgan fingerprint density at radius 3 is 2.37 bits per heavy atom. The second-order valence-corrected chi connectivity index (χ2v) is 7.55. The minimum atomic E-state index is -0.626. The fourth-order valence-corrected chi connectivity index (χ4v) is 3.07. The van der Waals surface area contributed by atoms with E-state index in [-0.39, 0.29) is 6.04 Å². The predicted molar refractivity (Wildman–Crippen MR) is 103 cm³/mol. The summed E-state index contributed by atoms with van der Waals surface area (Å²) >= 11 is 0. The van der Waals surface area contributed by atoms with Crippen LogP contribution in [0.25, 0.3) is 0 Å². The first-order chi connectivity index (χ1) is 12.7. The van der Waals surface area contributed by atoms with Gasteiger partial charge in [-0.25, -0.2) is 9.59 Å². The van der Waals surface area contributed by atoms with Gasteiger partial charge in [0.25, 0.3) is 0 Å². The van der Waals surface area contributed by atoms with E-state index in [9.17, 15) is 9.59 Å². The highest BCUT2D eigenvalue weighted by atomic mass is 16.6. The Bertz CT molecular complexity index is 688. The van der Waals surface area contributed by atoms with E-state index in [1.54, 1.807) is 12.0 Å². The molecular weight excluding hydrogens is 346 g/mol. The van der Waals surface area contributed by atoms with E-state index < -0.39 is 17.7 Å². The molecule has 1 amide bonds. The van der Waals surface area contributed by atoms with Crippen molar-refractivity contribution in [3.63, 3.8) is 0 Å². The summed E-state index contributed by atoms with van der Waals surface area (Å²) in [4.78, 5) is 26.8. The Labute approximate surface area is 161 Å². The van der Waals surface area contributed by atoms with Crippen LogP contribution in [0.15, 0.2) is 35.9 Å². The molecule has 0 aliphatic heterocycles. The van der Waals surface area contributed by atoms with Crippen molar-refractivity contribution in [1.82, 2.24) is 4.90 Å². The number of allylic oxidation sites excluding steroid dienone is 1. The third kappa shape index (κ3) is 5.74. The number of carbonyl (C=O) groups excluding carboxylic acids is 2. The molecule has 0 spiro atoms. The van der Waals surface area contributed by atoms with Crippen LogP contribution in [0.1, 0.15) is 45.6 Å². The molecule has 0 bridgehead atoms. The molecule has 0 aromatic heterocycles. The SMILES string of the molecule is COC(=O)C1=CCCC[C@@H]1N(Cc1ccc(OC)cc1)C(=O)OC(C)(C)C. The molecule has 0 saturated heterocycles. The van der Waals surface area contributed by atoms with Gasteiger partial charge < -0.3 is 14.2 Å². The van der Waals surface area contributed by atoms with Crippen LogP contribution >= 0.6 is 0 Å². The third-order valence-corrected chi connectivity index (χ3v) is 4.34. The molecule has 148 valence electrons. The van der Waals surface area contributed by atoms with Crippen molar-refractivity contribution in [2.45, 2.75) is 58.2 Å². The van der Waals surface area contributed by atoms with Gasteiger partial charge in [0.15, 0.2) is 0 Å². The fourth-order valence-electron chi connectivity index (χ4n) is 3.07. The highest BCUT2D eigenvalue weighted by Gasteiger charge is 2.34. The molecule has 6 nitrogen and oxygen atoms in total. The Morgan fingerprint density at radius 1 is 1.15 bits per heavy atom. The number of ether oxygens (including phenoxy) is 3. The summed E-state index contributed by atoms with van der Waals surface area (Å²) in [5.74, 6) is 0.346. The van der Waals surface area contributed by atoms with Crippen LogP contribution < -0.4 is 4.74 Å². The molecule has 0 heterocycles. The van der Waals surface area contributed by atoms with Crippen molar-refractivity contribution in [3.05, 3.63) is 41.5 Å². The number of nitrogens with zero attached hydrogens (tertiary/aromatic N) is 1. The largest absolute Gasteiger partial charge is 0.497 e. The first kappa shape index (κ1) is 20.8. The zero-order valence-electron chi connectivity index (χ0n) is 16.8. The van der Waals surface area contributed by atoms with Gasteiger partial charge in [0.1, 0.15) is 11.4 Å². The normalized spacial score (nSPS) is 16.9. The maximum absolute atomic E-state index is 12.9. The molecule has 0 unspecified atom stereocenters. The molecule has 27 heavy (non-hydrogen) atoms. The van der Waals surface area contributed by atoms with Crippen LogP contribution in [-0.2, 0) is 20.8 Å². The number of methoxy groups -OCH3 is 2. The van der Waals surface area contributed by atoms with E-state index in [0.29, 0.717) is 18.5 Å². The summed E-state index contributed by atoms with van der Waals surface area (Å²) in [6, 6.07) is 7.13. The van der Waals surface area contributed by atoms with Crippen molar-refractivity contribution < 1.29 is 23.8 Å². The Morgan fingerprint density at radius 2 is 1.81 bits per heavy atom. The van der Waals surface area contributed by atoms with E-state index in [2.05, 4.69) is 0 Å². The number of rotatable bonds is 5. The van der Waals surface area contributed by atoms with Gasteiger partial charge in [-0.15, -0.1) is 0 Å². The van der Waals surface area contributed by atoms with Crippen molar-refractivity contribution in [2.75, 3.05) is 14.2 Å². The number of esters is 1. The van der Waals surface area contributed by atoms with Crippen LogP contribution in [-0.4, -0.2) is 42.8 Å². The quantitative estimate of drug-likeness (QED) is 0.726. The fraction of sp³-hybridized carbons (Fsp3) is 0.524. The van der Waals surface area contributed by atoms with E-state index in [1.807, 2.05) is 51.1 Å². The lowest BCUT2D eigenvalue weighted by Gasteiger charge is -2.35. The molecular formula is C21H29NO5. The maximum Gasteiger partial charge on any atom is 0.411 e. The lowest BCUT2D eigenvalue weighted by atomic mass is 9.92. The van der Waals surface area contributed by atoms with Crippen LogP contribution in [0.3, 0.4) is 0 Å². The van der Waals surface area contributed by atoms with Crippen LogP contribution in [0.5, 0.6) is 5.75 Å². The van der Waals surface area contributed by atoms with Gasteiger partial charge in [-0.05, 0) is 57.7 Å². The number of amides is 1. The van der Waals surface area contributed by atoms with E-state index in [1.165, 1.54) is 7.11 Å². The van der Waals surface area contributed by atoms with Gasteiger partial charge in [0, 0.05) is 6.54 Å². The standard InChI is InChI=1S/C21H29NO5/c1-21(2,3)27-20(24)22(14-15-10-12-16(25-4)13-11-15)18-9-7-6-8-17(18)19(23)26-5/h8,10-13,18H,6-7,9,14H2,1-5H3/t18-/m0/s1. The van der Waals surface area contributed by atoms with Crippen molar-refractivity contribution in [3.8, 4) is 5.75 Å². The zero-order chi connectivity index (χ0) is 20.0. The molecule has 1 aromatic carbocycles. The Hall–Kier alpha value is -2.50. The van der Waals surface area contributed by atoms with Gasteiger partial charge in [-0.1, -0.05) is 18.2 Å². The lowest BCUT2D eigenvalue weighted by Crippen LogP contribution is -2.46. The van der Waals surface area contributed by atoms with Gasteiger partial charge in [-0.2, -0.15) is 0 Å². The molecule has 0 saturated carbocycles. The highest BCUT2D eigenvalue weighted by Crippen LogP contribution is 2.28. The summed E-state index contributed by atoms with van der Waals surface area (Å²) in [6.45, 7) is 5.81. The molecule has 1 aliphatic rings. The first-order valence-corrected chi connectivity index (χ1v) is 9.16. The second kappa shape index (κ2) is 8.93. The Kier molecular flexibility index (Phi) is 6.88. The minimum absolute atomic E-state index is 0.331. The van der Waals surface area contributed by atoms with Crippen LogP contribution in [0, 0.1) is 0 Å². The minimum Gasteiger partial charge on any atom is -0.497 e. The monoisotopic (exact) mass is 375 g/mol. The molecule has 0 fully saturated rings. The smallest absolute Gasteiger partial charge is 0.411 e. The summed E-state index contributed by atoms with van der Waals surface area (Å²) < 4.78 is 15.7. The van der Waals surface area contributed by atoms with Gasteiger partial charge in [0.05, 0.1) is 25.8 Å². The molecule has 1 atom stereocenters. The number of hydrogen-bond donors (Lipinski definition) is 0. The van der Waals surface area contributed by atoms with Crippen molar-refractivity contribution in [1.29, 1.82) is 0 Å². The molecule has 6 heteroatoms. The van der Waals surface area contributed by atoms with E-state index in [4.69, 9.17) is 14.2 Å². The average Bonchev–Trinajstić information content (AvgIpc) is 2.64. The topological polar surface area (TPSA) is 65.1 Å². The molecule has 1 aromatic rings. The summed E-state index contributed by atoms with van der Waals surface area (Å²) in [7, 11) is 2.97. The highest BCUT2D eigenvalue weighted by molar-refractivity contribution is 5.90. The summed E-state index contributed by atoms with van der Waals surface area (Å²) in [6.07, 6.45) is 3.81. The van der Waals surface area contributed by atoms with Gasteiger partial charge in [-0.3, -0.25) is 4.90 Å². The maximum atomic E-state index is 12.9. The Balaban J connectivity index is 2.32. The molecule has 0 N–H and O–H groups in total. The number of carbonyl (C=O) groups is 2. The van der Waals surface area contributed by atoms with E-state index in [0.717, 1.165) is 24.2 Å². The summed E-state index contributed by atoms with van der Waals surface area (Å²) in [5.41, 5.74) is 0.818. The van der Waals surface area contributed by atoms with Crippen LogP contribution in [0.2, 0.25) is 0 Å². The number of hydrogen-bond acceptors (Lipinski definition) is 5. The van der Waals surface area contributed by atoms with Crippen molar-refractivity contribution in [2.24, 2.45) is 0 Å². The third-order valence-electron chi connectivity index (χ3n) is 4.34. The predicted octanol–water partition coefficient (Wildman–Crippen LogP) is 4.08. The van der Waals surface area contributed by atoms with E-state index >= 15 is 0 Å². The second-order valence-electron chi connectivity index (χ2n) is 7.55. The van der Waals surface area contributed by atoms with Gasteiger partial charge >= 0.3 is 12.1 Å². The number of benzene rings is 1. The van der Waals surface area contributed by atoms with Crippen molar-refractivity contribution >= 4 is 12.1 Å². The van der Waals surface area contributed by atoms with Gasteiger partial charge in [0.2, 0.25) is 0 Å².